The zero-order valence-corrected chi connectivity index (χ0v) is 15.5. The summed E-state index contributed by atoms with van der Waals surface area (Å²) in [7, 11) is 1.60. The maximum absolute atomic E-state index is 12.5. The molecule has 1 amide bonds. The van der Waals surface area contributed by atoms with Gasteiger partial charge >= 0.3 is 12.1 Å². The molecule has 0 saturated heterocycles. The minimum atomic E-state index is -5.08. The molecule has 4 rings (SSSR count). The van der Waals surface area contributed by atoms with E-state index in [0.29, 0.717) is 5.75 Å². The molecule has 2 aromatic rings. The molecule has 12 heteroatoms. The third kappa shape index (κ3) is 3.97. The van der Waals surface area contributed by atoms with Crippen LogP contribution in [0.25, 0.3) is 0 Å². The summed E-state index contributed by atoms with van der Waals surface area (Å²) in [5.41, 5.74) is 5.46. The van der Waals surface area contributed by atoms with Gasteiger partial charge in [-0.3, -0.25) is 15.2 Å². The average Bonchev–Trinajstić information content (AvgIpc) is 3.25. The Balaban J connectivity index is 0.000000298. The number of carbonyl (C=O) groups excluding carboxylic acids is 1. The predicted molar refractivity (Wildman–Crippen MR) is 98.5 cm³/mol. The number of aliphatic carboxylic acids is 1. The van der Waals surface area contributed by atoms with Crippen molar-refractivity contribution >= 4 is 34.4 Å². The molecule has 0 saturated carbocycles. The standard InChI is InChI=1S/C15H12N4O2S.C2HF3O2/c1-21-10-4-5-12-11(7-10)15(14(20)17-12)19-18-13(22-15)9-3-2-6-16-8-9;3-2(4,5)1(6)7/h2-8,19H,1H3,(H,17,20);(H,6,7). The molecule has 2 aliphatic rings. The van der Waals surface area contributed by atoms with Crippen LogP contribution in [0, 0.1) is 0 Å². The molecule has 1 unspecified atom stereocenters. The van der Waals surface area contributed by atoms with E-state index in [1.165, 1.54) is 11.8 Å². The van der Waals surface area contributed by atoms with E-state index in [9.17, 15) is 18.0 Å². The maximum atomic E-state index is 12.5. The lowest BCUT2D eigenvalue weighted by Crippen LogP contribution is -2.39. The number of methoxy groups -OCH3 is 1. The first kappa shape index (κ1) is 20.5. The van der Waals surface area contributed by atoms with Crippen molar-refractivity contribution in [1.82, 2.24) is 10.4 Å². The molecule has 0 fully saturated rings. The molecule has 152 valence electrons. The number of fused-ring (bicyclic) bond motifs is 2. The minimum absolute atomic E-state index is 0.136. The molecule has 8 nitrogen and oxygen atoms in total. The molecule has 0 bridgehead atoms. The van der Waals surface area contributed by atoms with Gasteiger partial charge in [0.25, 0.3) is 5.91 Å². The van der Waals surface area contributed by atoms with Crippen LogP contribution < -0.4 is 15.5 Å². The van der Waals surface area contributed by atoms with Crippen molar-refractivity contribution in [2.75, 3.05) is 12.4 Å². The van der Waals surface area contributed by atoms with Crippen molar-refractivity contribution in [3.63, 3.8) is 0 Å². The Kier molecular flexibility index (Phi) is 5.38. The van der Waals surface area contributed by atoms with Gasteiger partial charge in [-0.25, -0.2) is 4.79 Å². The van der Waals surface area contributed by atoms with E-state index in [2.05, 4.69) is 20.8 Å². The van der Waals surface area contributed by atoms with Gasteiger partial charge in [-0.1, -0.05) is 11.8 Å². The Morgan fingerprint density at radius 1 is 1.31 bits per heavy atom. The van der Waals surface area contributed by atoms with Crippen molar-refractivity contribution < 1.29 is 32.6 Å². The number of nitrogens with zero attached hydrogens (tertiary/aromatic N) is 2. The van der Waals surface area contributed by atoms with E-state index < -0.39 is 17.0 Å². The highest BCUT2D eigenvalue weighted by atomic mass is 32.2. The van der Waals surface area contributed by atoms with Crippen LogP contribution in [0.1, 0.15) is 11.1 Å². The lowest BCUT2D eigenvalue weighted by atomic mass is 10.1. The van der Waals surface area contributed by atoms with Crippen LogP contribution in [0.4, 0.5) is 18.9 Å². The first-order valence-corrected chi connectivity index (χ1v) is 8.73. The van der Waals surface area contributed by atoms with Crippen LogP contribution in [0.5, 0.6) is 5.75 Å². The monoisotopic (exact) mass is 426 g/mol. The number of hydrogen-bond donors (Lipinski definition) is 3. The van der Waals surface area contributed by atoms with Gasteiger partial charge in [0.05, 0.1) is 7.11 Å². The summed E-state index contributed by atoms with van der Waals surface area (Å²) in [6.07, 6.45) is -1.65. The number of aromatic nitrogens is 1. The second-order valence-corrected chi connectivity index (χ2v) is 6.93. The smallest absolute Gasteiger partial charge is 0.490 e. The molecule has 0 radical (unpaired) electrons. The molecular weight excluding hydrogens is 413 g/mol. The number of hydrazone groups is 1. The van der Waals surface area contributed by atoms with Gasteiger partial charge in [-0.15, -0.1) is 0 Å². The molecule has 1 aromatic heterocycles. The number of halogens is 3. The van der Waals surface area contributed by atoms with E-state index in [1.807, 2.05) is 30.3 Å². The second-order valence-electron chi connectivity index (χ2n) is 5.72. The number of carboxylic acids is 1. The number of hydrogen-bond acceptors (Lipinski definition) is 7. The fourth-order valence-corrected chi connectivity index (χ4v) is 3.66. The molecule has 1 spiro atoms. The normalized spacial score (nSPS) is 19.4. The van der Waals surface area contributed by atoms with Gasteiger partial charge < -0.3 is 15.2 Å². The minimum Gasteiger partial charge on any atom is -0.497 e. The summed E-state index contributed by atoms with van der Waals surface area (Å²) in [5.74, 6) is -2.19. The van der Waals surface area contributed by atoms with Crippen LogP contribution in [0.3, 0.4) is 0 Å². The lowest BCUT2D eigenvalue weighted by molar-refractivity contribution is -0.192. The summed E-state index contributed by atoms with van der Waals surface area (Å²) < 4.78 is 37.0. The Hall–Kier alpha value is -3.28. The van der Waals surface area contributed by atoms with E-state index in [-0.39, 0.29) is 5.91 Å². The largest absolute Gasteiger partial charge is 0.497 e. The number of carboxylic acid groups (broad SMARTS) is 1. The summed E-state index contributed by atoms with van der Waals surface area (Å²) >= 11 is 1.37. The number of amides is 1. The van der Waals surface area contributed by atoms with E-state index in [0.717, 1.165) is 21.9 Å². The van der Waals surface area contributed by atoms with Crippen LogP contribution in [0.2, 0.25) is 0 Å². The fourth-order valence-electron chi connectivity index (χ4n) is 2.53. The topological polar surface area (TPSA) is 113 Å². The van der Waals surface area contributed by atoms with Crippen LogP contribution in [0.15, 0.2) is 47.8 Å². The van der Waals surface area contributed by atoms with E-state index in [4.69, 9.17) is 14.6 Å². The van der Waals surface area contributed by atoms with Crippen molar-refractivity contribution in [3.8, 4) is 5.75 Å². The molecule has 3 N–H and O–H groups in total. The third-order valence-electron chi connectivity index (χ3n) is 3.89. The average molecular weight is 426 g/mol. The number of carbonyl (C=O) groups is 2. The number of pyridine rings is 1. The van der Waals surface area contributed by atoms with Crippen LogP contribution in [-0.4, -0.2) is 40.3 Å². The number of nitrogens with one attached hydrogen (secondary N) is 2. The number of anilines is 1. The van der Waals surface area contributed by atoms with Gasteiger partial charge in [0, 0.05) is 29.2 Å². The number of rotatable bonds is 2. The van der Waals surface area contributed by atoms with E-state index in [1.54, 1.807) is 19.5 Å². The first-order valence-electron chi connectivity index (χ1n) is 7.92. The van der Waals surface area contributed by atoms with Crippen molar-refractivity contribution in [3.05, 3.63) is 53.9 Å². The van der Waals surface area contributed by atoms with Crippen LogP contribution >= 0.6 is 11.8 Å². The van der Waals surface area contributed by atoms with Crippen molar-refractivity contribution in [2.45, 2.75) is 11.0 Å². The molecule has 29 heavy (non-hydrogen) atoms. The van der Waals surface area contributed by atoms with Gasteiger partial charge in [0.2, 0.25) is 4.87 Å². The number of alkyl halides is 3. The summed E-state index contributed by atoms with van der Waals surface area (Å²) in [6, 6.07) is 9.27. The van der Waals surface area contributed by atoms with Gasteiger partial charge in [0.1, 0.15) is 10.8 Å². The van der Waals surface area contributed by atoms with Crippen molar-refractivity contribution in [2.24, 2.45) is 5.10 Å². The highest BCUT2D eigenvalue weighted by molar-refractivity contribution is 8.16. The number of thioether (sulfide) groups is 1. The maximum Gasteiger partial charge on any atom is 0.490 e. The third-order valence-corrected chi connectivity index (χ3v) is 5.21. The first-order chi connectivity index (χ1) is 13.7. The molecular formula is C17H13F3N4O4S. The lowest BCUT2D eigenvalue weighted by Gasteiger charge is -2.20. The Bertz CT molecular complexity index is 984. The number of benzene rings is 1. The SMILES string of the molecule is COc1ccc2c(c1)C1(NN=C(c3cccnc3)S1)C(=O)N2.O=C(O)C(F)(F)F. The Labute approximate surface area is 166 Å². The van der Waals surface area contributed by atoms with Crippen LogP contribution in [-0.2, 0) is 14.5 Å². The highest BCUT2D eigenvalue weighted by Crippen LogP contribution is 2.48. The summed E-state index contributed by atoms with van der Waals surface area (Å²) in [5, 5.41) is 15.1. The predicted octanol–water partition coefficient (Wildman–Crippen LogP) is 2.53. The second kappa shape index (κ2) is 7.62. The van der Waals surface area contributed by atoms with Gasteiger partial charge in [-0.2, -0.15) is 18.3 Å². The number of ether oxygens (including phenoxy) is 1. The quantitative estimate of drug-likeness (QED) is 0.676. The van der Waals surface area contributed by atoms with Gasteiger partial charge in [0.15, 0.2) is 0 Å². The zero-order valence-electron chi connectivity index (χ0n) is 14.6. The molecule has 3 heterocycles. The summed E-state index contributed by atoms with van der Waals surface area (Å²) in [4.78, 5) is 24.5. The molecule has 0 aliphatic carbocycles. The molecule has 2 aliphatic heterocycles. The van der Waals surface area contributed by atoms with Gasteiger partial charge in [-0.05, 0) is 30.3 Å². The zero-order chi connectivity index (χ0) is 21.2. The molecule has 1 aromatic carbocycles. The Morgan fingerprint density at radius 2 is 2.03 bits per heavy atom. The highest BCUT2D eigenvalue weighted by Gasteiger charge is 2.52. The summed E-state index contributed by atoms with van der Waals surface area (Å²) in [6.45, 7) is 0. The van der Waals surface area contributed by atoms with Crippen molar-refractivity contribution in [1.29, 1.82) is 0 Å². The Morgan fingerprint density at radius 3 is 2.62 bits per heavy atom. The fraction of sp³-hybridized carbons (Fsp3) is 0.176. The van der Waals surface area contributed by atoms with E-state index >= 15 is 0 Å². The molecule has 1 atom stereocenters.